The molecule has 1 aliphatic rings. The number of hydrogen-bond acceptors (Lipinski definition) is 2. The van der Waals surface area contributed by atoms with Crippen molar-refractivity contribution in [2.45, 2.75) is 25.6 Å². The van der Waals surface area contributed by atoms with Gasteiger partial charge in [-0.2, -0.15) is 13.2 Å². The highest BCUT2D eigenvalue weighted by Gasteiger charge is 2.33. The van der Waals surface area contributed by atoms with Crippen molar-refractivity contribution in [3.8, 4) is 0 Å². The van der Waals surface area contributed by atoms with Crippen LogP contribution in [0.5, 0.6) is 0 Å². The van der Waals surface area contributed by atoms with Gasteiger partial charge in [0.1, 0.15) is 0 Å². The number of carboxylic acid groups (broad SMARTS) is 1. The Kier molecular flexibility index (Phi) is 4.32. The minimum absolute atomic E-state index is 0.108. The fourth-order valence-electron chi connectivity index (χ4n) is 2.71. The van der Waals surface area contributed by atoms with Crippen molar-refractivity contribution in [3.05, 3.63) is 35.4 Å². The number of fused-ring (bicyclic) bond motifs is 1. The van der Waals surface area contributed by atoms with Gasteiger partial charge in [-0.05, 0) is 23.5 Å². The number of halogens is 3. The first kappa shape index (κ1) is 14.8. The minimum atomic E-state index is -4.27. The summed E-state index contributed by atoms with van der Waals surface area (Å²) in [5.41, 5.74) is 1.80. The van der Waals surface area contributed by atoms with E-state index in [2.05, 4.69) is 0 Å². The molecule has 0 spiro atoms. The summed E-state index contributed by atoms with van der Waals surface area (Å²) in [6, 6.07) is 7.29. The molecule has 6 heteroatoms. The predicted molar refractivity (Wildman–Crippen MR) is 67.2 cm³/mol. The van der Waals surface area contributed by atoms with Crippen LogP contribution in [0.25, 0.3) is 0 Å². The Hall–Kier alpha value is -1.56. The fourth-order valence-corrected chi connectivity index (χ4v) is 2.71. The van der Waals surface area contributed by atoms with Gasteiger partial charge in [0.05, 0.1) is 6.54 Å². The highest BCUT2D eigenvalue weighted by molar-refractivity contribution is 5.67. The molecule has 3 nitrogen and oxygen atoms in total. The van der Waals surface area contributed by atoms with Crippen LogP contribution in [0.1, 0.15) is 17.5 Å². The lowest BCUT2D eigenvalue weighted by molar-refractivity contribution is -0.148. The first-order valence-electron chi connectivity index (χ1n) is 6.41. The Morgan fingerprint density at radius 1 is 1.30 bits per heavy atom. The summed E-state index contributed by atoms with van der Waals surface area (Å²) in [4.78, 5) is 12.1. The van der Waals surface area contributed by atoms with E-state index in [1.165, 1.54) is 4.90 Å². The highest BCUT2D eigenvalue weighted by atomic mass is 19.4. The Morgan fingerprint density at radius 3 is 2.55 bits per heavy atom. The second-order valence-corrected chi connectivity index (χ2v) is 5.22. The van der Waals surface area contributed by atoms with Crippen LogP contribution in [0.2, 0.25) is 0 Å². The Labute approximate surface area is 115 Å². The van der Waals surface area contributed by atoms with E-state index in [1.54, 1.807) is 6.07 Å². The van der Waals surface area contributed by atoms with Crippen molar-refractivity contribution in [1.82, 2.24) is 4.90 Å². The van der Waals surface area contributed by atoms with Gasteiger partial charge in [-0.1, -0.05) is 24.3 Å². The molecule has 0 aromatic heterocycles. The van der Waals surface area contributed by atoms with E-state index < -0.39 is 18.7 Å². The van der Waals surface area contributed by atoms with Crippen molar-refractivity contribution in [1.29, 1.82) is 0 Å². The number of nitrogens with zero attached hydrogens (tertiary/aromatic N) is 1. The third kappa shape index (κ3) is 4.23. The van der Waals surface area contributed by atoms with E-state index in [1.807, 2.05) is 18.2 Å². The van der Waals surface area contributed by atoms with Crippen LogP contribution in [0.15, 0.2) is 24.3 Å². The second kappa shape index (κ2) is 5.83. The summed E-state index contributed by atoms with van der Waals surface area (Å²) >= 11 is 0. The van der Waals surface area contributed by atoms with E-state index in [0.29, 0.717) is 6.42 Å². The van der Waals surface area contributed by atoms with E-state index in [0.717, 1.165) is 11.1 Å². The number of aliphatic carboxylic acids is 1. The molecule has 1 unspecified atom stereocenters. The molecular formula is C14H16F3NO2. The van der Waals surface area contributed by atoms with Crippen molar-refractivity contribution in [3.63, 3.8) is 0 Å². The molecule has 0 radical (unpaired) electrons. The van der Waals surface area contributed by atoms with Crippen molar-refractivity contribution < 1.29 is 23.1 Å². The topological polar surface area (TPSA) is 40.5 Å². The lowest BCUT2D eigenvalue weighted by atomic mass is 9.95. The van der Waals surface area contributed by atoms with Gasteiger partial charge in [0.15, 0.2) is 0 Å². The summed E-state index contributed by atoms with van der Waals surface area (Å²) in [6.45, 7) is -0.635. The van der Waals surface area contributed by atoms with Crippen molar-refractivity contribution in [2.75, 3.05) is 13.1 Å². The van der Waals surface area contributed by atoms with Gasteiger partial charge in [0.25, 0.3) is 0 Å². The predicted octanol–water partition coefficient (Wildman–Crippen LogP) is 2.70. The van der Waals surface area contributed by atoms with Gasteiger partial charge in [-0.15, -0.1) is 0 Å². The summed E-state index contributed by atoms with van der Waals surface area (Å²) in [6.07, 6.45) is -3.87. The number of rotatable bonds is 3. The molecule has 0 fully saturated rings. The highest BCUT2D eigenvalue weighted by Crippen LogP contribution is 2.26. The molecule has 1 atom stereocenters. The Balaban J connectivity index is 2.21. The Bertz CT molecular complexity index is 488. The van der Waals surface area contributed by atoms with E-state index >= 15 is 0 Å². The van der Waals surface area contributed by atoms with Crippen LogP contribution < -0.4 is 0 Å². The van der Waals surface area contributed by atoms with Gasteiger partial charge in [-0.3, -0.25) is 9.69 Å². The maximum atomic E-state index is 12.6. The summed E-state index contributed by atoms with van der Waals surface area (Å²) < 4.78 is 37.7. The van der Waals surface area contributed by atoms with Gasteiger partial charge < -0.3 is 5.11 Å². The van der Waals surface area contributed by atoms with Crippen LogP contribution in [0, 0.1) is 5.92 Å². The first-order chi connectivity index (χ1) is 9.33. The standard InChI is InChI=1S/C14H16F3NO2/c15-14(16,17)9-18-7-10(6-13(19)20)5-11-3-1-2-4-12(11)8-18/h1-4,10H,5-9H2,(H,19,20). The summed E-state index contributed by atoms with van der Waals surface area (Å²) in [5.74, 6) is -1.26. The molecule has 1 aromatic rings. The molecule has 2 rings (SSSR count). The molecular weight excluding hydrogens is 271 g/mol. The molecule has 1 aliphatic heterocycles. The zero-order chi connectivity index (χ0) is 14.8. The average Bonchev–Trinajstić information content (AvgIpc) is 2.43. The van der Waals surface area contributed by atoms with Crippen LogP contribution in [-0.4, -0.2) is 35.2 Å². The molecule has 0 aliphatic carbocycles. The van der Waals surface area contributed by atoms with Crippen molar-refractivity contribution >= 4 is 5.97 Å². The number of hydrogen-bond donors (Lipinski definition) is 1. The van der Waals surface area contributed by atoms with Gasteiger partial charge >= 0.3 is 12.1 Å². The maximum Gasteiger partial charge on any atom is 0.401 e. The van der Waals surface area contributed by atoms with Crippen LogP contribution in [0.4, 0.5) is 13.2 Å². The first-order valence-corrected chi connectivity index (χ1v) is 6.41. The molecule has 1 N–H and O–H groups in total. The van der Waals surface area contributed by atoms with E-state index in [4.69, 9.17) is 5.11 Å². The molecule has 110 valence electrons. The summed E-state index contributed by atoms with van der Waals surface area (Å²) in [7, 11) is 0. The third-order valence-electron chi connectivity index (χ3n) is 3.40. The molecule has 0 saturated carbocycles. The van der Waals surface area contributed by atoms with E-state index in [9.17, 15) is 18.0 Å². The fraction of sp³-hybridized carbons (Fsp3) is 0.500. The summed E-state index contributed by atoms with van der Waals surface area (Å²) in [5, 5.41) is 8.88. The van der Waals surface area contributed by atoms with Crippen molar-refractivity contribution in [2.24, 2.45) is 5.92 Å². The largest absolute Gasteiger partial charge is 0.481 e. The average molecular weight is 287 g/mol. The normalized spacial score (nSPS) is 20.2. The number of carboxylic acids is 1. The quantitative estimate of drug-likeness (QED) is 0.929. The molecule has 1 aromatic carbocycles. The van der Waals surface area contributed by atoms with Gasteiger partial charge in [0, 0.05) is 19.5 Å². The number of benzene rings is 1. The van der Waals surface area contributed by atoms with Crippen LogP contribution >= 0.6 is 0 Å². The lowest BCUT2D eigenvalue weighted by Crippen LogP contribution is -2.36. The zero-order valence-corrected chi connectivity index (χ0v) is 10.9. The van der Waals surface area contributed by atoms with Gasteiger partial charge in [-0.25, -0.2) is 0 Å². The lowest BCUT2D eigenvalue weighted by Gasteiger charge is -2.24. The molecule has 1 heterocycles. The zero-order valence-electron chi connectivity index (χ0n) is 10.9. The maximum absolute atomic E-state index is 12.6. The van der Waals surface area contributed by atoms with E-state index in [-0.39, 0.29) is 25.4 Å². The molecule has 0 saturated heterocycles. The van der Waals surface area contributed by atoms with Crippen LogP contribution in [0.3, 0.4) is 0 Å². The second-order valence-electron chi connectivity index (χ2n) is 5.22. The molecule has 0 bridgehead atoms. The smallest absolute Gasteiger partial charge is 0.401 e. The molecule has 0 amide bonds. The Morgan fingerprint density at radius 2 is 1.95 bits per heavy atom. The number of carbonyl (C=O) groups is 1. The SMILES string of the molecule is O=C(O)CC1Cc2ccccc2CN(CC(F)(F)F)C1. The minimum Gasteiger partial charge on any atom is -0.481 e. The van der Waals surface area contributed by atoms with Gasteiger partial charge in [0.2, 0.25) is 0 Å². The van der Waals surface area contributed by atoms with Crippen LogP contribution in [-0.2, 0) is 17.8 Å². The number of alkyl halides is 3. The monoisotopic (exact) mass is 287 g/mol. The molecule has 20 heavy (non-hydrogen) atoms. The third-order valence-corrected chi connectivity index (χ3v) is 3.40.